The maximum Gasteiger partial charge on any atom is 0.342 e. The predicted octanol–water partition coefficient (Wildman–Crippen LogP) is 3.26. The number of carbonyl (C=O) groups is 1. The standard InChI is InChI=1S/C16H23NO3/c1-10-6-11(2)8-13(7-10)20-16(18)14-5-4-12(17)9-15(14)19-3/h4-5,9-11,13H,6-8,17H2,1-3H3. The number of nitrogens with two attached hydrogens (primary N) is 1. The Labute approximate surface area is 120 Å². The number of hydrogen-bond donors (Lipinski definition) is 1. The summed E-state index contributed by atoms with van der Waals surface area (Å²) < 4.78 is 10.8. The summed E-state index contributed by atoms with van der Waals surface area (Å²) in [5, 5.41) is 0. The van der Waals surface area contributed by atoms with Gasteiger partial charge < -0.3 is 15.2 Å². The average Bonchev–Trinajstić information content (AvgIpc) is 2.37. The van der Waals surface area contributed by atoms with Crippen molar-refractivity contribution in [1.82, 2.24) is 0 Å². The molecule has 0 radical (unpaired) electrons. The molecule has 1 aromatic carbocycles. The summed E-state index contributed by atoms with van der Waals surface area (Å²) in [6, 6.07) is 4.99. The molecule has 0 aliphatic heterocycles. The van der Waals surface area contributed by atoms with Crippen LogP contribution >= 0.6 is 0 Å². The van der Waals surface area contributed by atoms with Crippen molar-refractivity contribution in [2.75, 3.05) is 12.8 Å². The van der Waals surface area contributed by atoms with Crippen molar-refractivity contribution in [3.05, 3.63) is 23.8 Å². The highest BCUT2D eigenvalue weighted by atomic mass is 16.5. The van der Waals surface area contributed by atoms with Crippen LogP contribution in [0.3, 0.4) is 0 Å². The van der Waals surface area contributed by atoms with Gasteiger partial charge in [-0.05, 0) is 43.2 Å². The van der Waals surface area contributed by atoms with E-state index in [1.807, 2.05) is 0 Å². The zero-order valence-corrected chi connectivity index (χ0v) is 12.4. The molecule has 4 nitrogen and oxygen atoms in total. The third-order valence-electron chi connectivity index (χ3n) is 3.85. The molecule has 1 aliphatic carbocycles. The molecule has 110 valence electrons. The fourth-order valence-electron chi connectivity index (χ4n) is 3.06. The van der Waals surface area contributed by atoms with Crippen molar-refractivity contribution in [1.29, 1.82) is 0 Å². The monoisotopic (exact) mass is 277 g/mol. The van der Waals surface area contributed by atoms with E-state index in [-0.39, 0.29) is 12.1 Å². The molecule has 0 spiro atoms. The van der Waals surface area contributed by atoms with Gasteiger partial charge in [-0.25, -0.2) is 4.79 Å². The minimum atomic E-state index is -0.326. The summed E-state index contributed by atoms with van der Waals surface area (Å²) >= 11 is 0. The number of methoxy groups -OCH3 is 1. The van der Waals surface area contributed by atoms with Crippen molar-refractivity contribution in [3.8, 4) is 5.75 Å². The zero-order chi connectivity index (χ0) is 14.7. The number of esters is 1. The lowest BCUT2D eigenvalue weighted by Gasteiger charge is -2.31. The molecule has 2 rings (SSSR count). The Balaban J connectivity index is 2.08. The Morgan fingerprint density at radius 2 is 1.85 bits per heavy atom. The van der Waals surface area contributed by atoms with Gasteiger partial charge in [-0.3, -0.25) is 0 Å². The topological polar surface area (TPSA) is 61.5 Å². The Morgan fingerprint density at radius 3 is 2.45 bits per heavy atom. The summed E-state index contributed by atoms with van der Waals surface area (Å²) in [6.45, 7) is 4.42. The molecule has 1 fully saturated rings. The van der Waals surface area contributed by atoms with Crippen molar-refractivity contribution in [2.45, 2.75) is 39.2 Å². The number of carbonyl (C=O) groups excluding carboxylic acids is 1. The molecule has 1 aliphatic rings. The van der Waals surface area contributed by atoms with Gasteiger partial charge in [0.05, 0.1) is 7.11 Å². The third kappa shape index (κ3) is 3.44. The van der Waals surface area contributed by atoms with Crippen LogP contribution in [0.2, 0.25) is 0 Å². The van der Waals surface area contributed by atoms with Gasteiger partial charge in [0.15, 0.2) is 0 Å². The van der Waals surface area contributed by atoms with E-state index in [9.17, 15) is 4.79 Å². The number of ether oxygens (including phenoxy) is 2. The van der Waals surface area contributed by atoms with Gasteiger partial charge in [0.25, 0.3) is 0 Å². The van der Waals surface area contributed by atoms with Crippen LogP contribution in [0.1, 0.15) is 43.5 Å². The van der Waals surface area contributed by atoms with Gasteiger partial charge in [0.1, 0.15) is 17.4 Å². The lowest BCUT2D eigenvalue weighted by atomic mass is 9.82. The fourth-order valence-corrected chi connectivity index (χ4v) is 3.06. The summed E-state index contributed by atoms with van der Waals surface area (Å²) in [7, 11) is 1.52. The van der Waals surface area contributed by atoms with Crippen LogP contribution in [0.25, 0.3) is 0 Å². The van der Waals surface area contributed by atoms with E-state index < -0.39 is 0 Å². The predicted molar refractivity (Wildman–Crippen MR) is 78.8 cm³/mol. The van der Waals surface area contributed by atoms with Gasteiger partial charge in [0, 0.05) is 11.8 Å². The van der Waals surface area contributed by atoms with Crippen LogP contribution in [0.5, 0.6) is 5.75 Å². The van der Waals surface area contributed by atoms with Crippen LogP contribution in [0, 0.1) is 11.8 Å². The summed E-state index contributed by atoms with van der Waals surface area (Å²) in [5.41, 5.74) is 6.70. The van der Waals surface area contributed by atoms with Crippen molar-refractivity contribution in [2.24, 2.45) is 11.8 Å². The second-order valence-electron chi connectivity index (χ2n) is 5.90. The van der Waals surface area contributed by atoms with Crippen molar-refractivity contribution >= 4 is 11.7 Å². The molecular weight excluding hydrogens is 254 g/mol. The molecule has 1 aromatic rings. The van der Waals surface area contributed by atoms with E-state index in [1.165, 1.54) is 13.5 Å². The van der Waals surface area contributed by atoms with Gasteiger partial charge in [-0.2, -0.15) is 0 Å². The molecule has 20 heavy (non-hydrogen) atoms. The Kier molecular flexibility index (Phi) is 4.53. The smallest absolute Gasteiger partial charge is 0.342 e. The fraction of sp³-hybridized carbons (Fsp3) is 0.562. The molecular formula is C16H23NO3. The van der Waals surface area contributed by atoms with Crippen LogP contribution in [-0.4, -0.2) is 19.2 Å². The van der Waals surface area contributed by atoms with Gasteiger partial charge >= 0.3 is 5.97 Å². The number of anilines is 1. The molecule has 0 saturated heterocycles. The van der Waals surface area contributed by atoms with E-state index >= 15 is 0 Å². The molecule has 0 bridgehead atoms. The molecule has 0 amide bonds. The molecule has 0 heterocycles. The Hall–Kier alpha value is -1.71. The normalized spacial score (nSPS) is 26.1. The lowest BCUT2D eigenvalue weighted by molar-refractivity contribution is 0.00779. The van der Waals surface area contributed by atoms with E-state index in [0.29, 0.717) is 28.8 Å². The van der Waals surface area contributed by atoms with E-state index in [4.69, 9.17) is 15.2 Å². The molecule has 2 atom stereocenters. The molecule has 2 unspecified atom stereocenters. The highest BCUT2D eigenvalue weighted by Crippen LogP contribution is 2.31. The van der Waals surface area contributed by atoms with Gasteiger partial charge in [-0.15, -0.1) is 0 Å². The third-order valence-corrected chi connectivity index (χ3v) is 3.85. The van der Waals surface area contributed by atoms with Crippen LogP contribution in [0.15, 0.2) is 18.2 Å². The molecule has 0 aromatic heterocycles. The Morgan fingerprint density at radius 1 is 1.20 bits per heavy atom. The SMILES string of the molecule is COc1cc(N)ccc1C(=O)OC1CC(C)CC(C)C1. The van der Waals surface area contributed by atoms with Crippen LogP contribution < -0.4 is 10.5 Å². The quantitative estimate of drug-likeness (QED) is 0.680. The number of hydrogen-bond acceptors (Lipinski definition) is 4. The first kappa shape index (κ1) is 14.7. The van der Waals surface area contributed by atoms with Crippen molar-refractivity contribution < 1.29 is 14.3 Å². The minimum absolute atomic E-state index is 0.00325. The average molecular weight is 277 g/mol. The van der Waals surface area contributed by atoms with Gasteiger partial charge in [-0.1, -0.05) is 13.8 Å². The first-order valence-electron chi connectivity index (χ1n) is 7.14. The summed E-state index contributed by atoms with van der Waals surface area (Å²) in [4.78, 5) is 12.3. The second kappa shape index (κ2) is 6.16. The number of benzene rings is 1. The number of nitrogen functional groups attached to an aromatic ring is 1. The lowest BCUT2D eigenvalue weighted by Crippen LogP contribution is -2.28. The molecule has 2 N–H and O–H groups in total. The molecule has 4 heteroatoms. The second-order valence-corrected chi connectivity index (χ2v) is 5.90. The first-order valence-corrected chi connectivity index (χ1v) is 7.14. The van der Waals surface area contributed by atoms with Crippen LogP contribution in [-0.2, 0) is 4.74 Å². The summed E-state index contributed by atoms with van der Waals surface area (Å²) in [6.07, 6.45) is 3.09. The minimum Gasteiger partial charge on any atom is -0.496 e. The summed E-state index contributed by atoms with van der Waals surface area (Å²) in [5.74, 6) is 1.34. The van der Waals surface area contributed by atoms with E-state index in [1.54, 1.807) is 18.2 Å². The maximum absolute atomic E-state index is 12.3. The highest BCUT2D eigenvalue weighted by Gasteiger charge is 2.27. The first-order chi connectivity index (χ1) is 9.49. The highest BCUT2D eigenvalue weighted by molar-refractivity contribution is 5.93. The largest absolute Gasteiger partial charge is 0.496 e. The number of rotatable bonds is 3. The van der Waals surface area contributed by atoms with E-state index in [0.717, 1.165) is 12.8 Å². The van der Waals surface area contributed by atoms with E-state index in [2.05, 4.69) is 13.8 Å². The Bertz CT molecular complexity index is 477. The van der Waals surface area contributed by atoms with Crippen molar-refractivity contribution in [3.63, 3.8) is 0 Å². The maximum atomic E-state index is 12.3. The van der Waals surface area contributed by atoms with Gasteiger partial charge in [0.2, 0.25) is 0 Å². The van der Waals surface area contributed by atoms with Crippen LogP contribution in [0.4, 0.5) is 5.69 Å². The zero-order valence-electron chi connectivity index (χ0n) is 12.4. The molecule has 1 saturated carbocycles.